The number of hydrogen-bond donors (Lipinski definition) is 0. The Bertz CT molecular complexity index is 848. The second-order valence-electron chi connectivity index (χ2n) is 6.61. The fourth-order valence-electron chi connectivity index (χ4n) is 3.57. The predicted molar refractivity (Wildman–Crippen MR) is 101 cm³/mol. The highest BCUT2D eigenvalue weighted by Crippen LogP contribution is 2.41. The average Bonchev–Trinajstić information content (AvgIpc) is 3.29. The molecule has 0 bridgehead atoms. The van der Waals surface area contributed by atoms with Crippen molar-refractivity contribution in [2.75, 3.05) is 30.1 Å². The molecule has 0 aliphatic carbocycles. The Balaban J connectivity index is 1.69. The lowest BCUT2D eigenvalue weighted by Gasteiger charge is -2.25. The number of ether oxygens (including phenoxy) is 2. The van der Waals surface area contributed by atoms with Crippen molar-refractivity contribution in [3.8, 4) is 5.75 Å². The smallest absolute Gasteiger partial charge is 0.277 e. The van der Waals surface area contributed by atoms with Crippen LogP contribution in [0.1, 0.15) is 12.8 Å². The molecule has 1 aromatic carbocycles. The number of methoxy groups -OCH3 is 1. The average molecular weight is 396 g/mol. The van der Waals surface area contributed by atoms with Crippen molar-refractivity contribution in [3.05, 3.63) is 24.3 Å². The summed E-state index contributed by atoms with van der Waals surface area (Å²) < 4.78 is 34.9. The summed E-state index contributed by atoms with van der Waals surface area (Å²) in [5.74, 6) is 0.549. The number of hydrogen-bond acceptors (Lipinski definition) is 6. The van der Waals surface area contributed by atoms with Gasteiger partial charge in [-0.05, 0) is 25.0 Å². The van der Waals surface area contributed by atoms with Crippen molar-refractivity contribution in [2.24, 2.45) is 4.99 Å². The molecular formula is C17H20N2O5S2. The molecule has 4 rings (SSSR count). The zero-order valence-electron chi connectivity index (χ0n) is 14.3. The van der Waals surface area contributed by atoms with Gasteiger partial charge in [-0.15, -0.1) is 0 Å². The van der Waals surface area contributed by atoms with E-state index in [-0.39, 0.29) is 28.7 Å². The molecule has 7 nitrogen and oxygen atoms in total. The lowest BCUT2D eigenvalue weighted by Crippen LogP contribution is -2.38. The lowest BCUT2D eigenvalue weighted by atomic mass is 10.2. The van der Waals surface area contributed by atoms with Gasteiger partial charge >= 0.3 is 0 Å². The number of anilines is 1. The topological polar surface area (TPSA) is 85.3 Å². The lowest BCUT2D eigenvalue weighted by molar-refractivity contribution is -0.126. The molecule has 3 aliphatic rings. The van der Waals surface area contributed by atoms with Crippen LogP contribution in [0.25, 0.3) is 0 Å². The molecule has 3 heterocycles. The van der Waals surface area contributed by atoms with Gasteiger partial charge in [0, 0.05) is 23.6 Å². The van der Waals surface area contributed by atoms with E-state index in [0.29, 0.717) is 23.9 Å². The fourth-order valence-corrected chi connectivity index (χ4v) is 7.48. The van der Waals surface area contributed by atoms with Crippen molar-refractivity contribution in [3.63, 3.8) is 0 Å². The van der Waals surface area contributed by atoms with Crippen LogP contribution in [0.4, 0.5) is 5.69 Å². The van der Waals surface area contributed by atoms with Crippen molar-refractivity contribution >= 4 is 38.4 Å². The summed E-state index contributed by atoms with van der Waals surface area (Å²) >= 11 is 1.37. The number of carbonyl (C=O) groups excluding carboxylic acids is 1. The maximum atomic E-state index is 12.5. The molecule has 140 valence electrons. The molecule has 3 fully saturated rings. The largest absolute Gasteiger partial charge is 0.497 e. The maximum Gasteiger partial charge on any atom is 0.277 e. The van der Waals surface area contributed by atoms with Crippen LogP contribution in [-0.2, 0) is 19.4 Å². The van der Waals surface area contributed by atoms with Crippen molar-refractivity contribution in [1.82, 2.24) is 0 Å². The van der Waals surface area contributed by atoms with Gasteiger partial charge in [-0.2, -0.15) is 4.99 Å². The summed E-state index contributed by atoms with van der Waals surface area (Å²) in [6, 6.07) is 7.15. The minimum Gasteiger partial charge on any atom is -0.497 e. The summed E-state index contributed by atoms with van der Waals surface area (Å²) in [7, 11) is -1.51. The Morgan fingerprint density at radius 1 is 1.38 bits per heavy atom. The van der Waals surface area contributed by atoms with Gasteiger partial charge < -0.3 is 14.4 Å². The molecule has 0 saturated carbocycles. The van der Waals surface area contributed by atoms with Gasteiger partial charge in [0.2, 0.25) is 0 Å². The SMILES string of the molecule is COc1cccc(N2C(=NC(=O)[C@@H]3CCCO3)S[C@H]3CS(=O)(=O)C[C@H]32)c1. The number of thioether (sulfide) groups is 1. The Morgan fingerprint density at radius 3 is 2.96 bits per heavy atom. The number of benzene rings is 1. The van der Waals surface area contributed by atoms with Gasteiger partial charge in [0.15, 0.2) is 15.0 Å². The number of carbonyl (C=O) groups is 1. The zero-order valence-corrected chi connectivity index (χ0v) is 16.0. The number of sulfone groups is 1. The minimum atomic E-state index is -3.09. The Kier molecular flexibility index (Phi) is 4.70. The summed E-state index contributed by atoms with van der Waals surface area (Å²) in [4.78, 5) is 18.6. The third-order valence-electron chi connectivity index (χ3n) is 4.81. The number of nitrogens with zero attached hydrogens (tertiary/aromatic N) is 2. The number of rotatable bonds is 3. The van der Waals surface area contributed by atoms with E-state index < -0.39 is 15.9 Å². The molecule has 1 aromatic rings. The first-order valence-electron chi connectivity index (χ1n) is 8.51. The highest BCUT2D eigenvalue weighted by atomic mass is 32.2. The van der Waals surface area contributed by atoms with Gasteiger partial charge in [0.25, 0.3) is 5.91 Å². The quantitative estimate of drug-likeness (QED) is 0.765. The molecule has 1 amide bonds. The van der Waals surface area contributed by atoms with Crippen LogP contribution >= 0.6 is 11.8 Å². The van der Waals surface area contributed by atoms with Crippen molar-refractivity contribution in [1.29, 1.82) is 0 Å². The van der Waals surface area contributed by atoms with Crippen LogP contribution in [0.3, 0.4) is 0 Å². The first kappa shape index (κ1) is 17.8. The molecule has 3 aliphatic heterocycles. The van der Waals surface area contributed by atoms with Crippen molar-refractivity contribution in [2.45, 2.75) is 30.2 Å². The molecular weight excluding hydrogens is 376 g/mol. The number of aliphatic imine (C=N–C) groups is 1. The second kappa shape index (κ2) is 6.86. The third-order valence-corrected chi connectivity index (χ3v) is 8.02. The van der Waals surface area contributed by atoms with E-state index in [1.807, 2.05) is 29.2 Å². The molecule has 3 atom stereocenters. The van der Waals surface area contributed by atoms with Crippen LogP contribution in [-0.4, -0.2) is 62.1 Å². The summed E-state index contributed by atoms with van der Waals surface area (Å²) in [6.45, 7) is 0.581. The third kappa shape index (κ3) is 3.35. The van der Waals surface area contributed by atoms with Crippen molar-refractivity contribution < 1.29 is 22.7 Å². The monoisotopic (exact) mass is 396 g/mol. The molecule has 9 heteroatoms. The van der Waals surface area contributed by atoms with E-state index in [1.165, 1.54) is 11.8 Å². The van der Waals surface area contributed by atoms with Gasteiger partial charge in [-0.3, -0.25) is 4.79 Å². The molecule has 3 saturated heterocycles. The van der Waals surface area contributed by atoms with Gasteiger partial charge in [-0.1, -0.05) is 17.8 Å². The van der Waals surface area contributed by atoms with E-state index in [4.69, 9.17) is 9.47 Å². The van der Waals surface area contributed by atoms with E-state index >= 15 is 0 Å². The highest BCUT2D eigenvalue weighted by Gasteiger charge is 2.49. The van der Waals surface area contributed by atoms with E-state index in [0.717, 1.165) is 12.1 Å². The van der Waals surface area contributed by atoms with Crippen LogP contribution in [0.15, 0.2) is 29.3 Å². The van der Waals surface area contributed by atoms with Gasteiger partial charge in [-0.25, -0.2) is 8.42 Å². The molecule has 0 unspecified atom stereocenters. The number of amidine groups is 1. The van der Waals surface area contributed by atoms with Gasteiger partial charge in [0.05, 0.1) is 24.7 Å². The Labute approximate surface area is 156 Å². The Morgan fingerprint density at radius 2 is 2.23 bits per heavy atom. The minimum absolute atomic E-state index is 0.0645. The molecule has 0 spiro atoms. The molecule has 26 heavy (non-hydrogen) atoms. The predicted octanol–water partition coefficient (Wildman–Crippen LogP) is 1.48. The normalized spacial score (nSPS) is 31.3. The summed E-state index contributed by atoms with van der Waals surface area (Å²) in [6.07, 6.45) is 1.05. The number of amides is 1. The van der Waals surface area contributed by atoms with Crippen LogP contribution in [0.5, 0.6) is 5.75 Å². The standard InChI is InChI=1S/C17H20N2O5S2/c1-23-12-5-2-4-11(8-12)19-13-9-26(21,22)10-15(13)25-17(19)18-16(20)14-6-3-7-24-14/h2,4-5,8,13-15H,3,6-7,9-10H2,1H3/t13-,14+,15+/m1/s1. The Hall–Kier alpha value is -1.58. The zero-order chi connectivity index (χ0) is 18.3. The second-order valence-corrected chi connectivity index (χ2v) is 9.97. The van der Waals surface area contributed by atoms with Crippen LogP contribution in [0, 0.1) is 0 Å². The molecule has 0 aromatic heterocycles. The highest BCUT2D eigenvalue weighted by molar-refractivity contribution is 8.16. The van der Waals surface area contributed by atoms with Crippen LogP contribution in [0.2, 0.25) is 0 Å². The molecule has 0 radical (unpaired) electrons. The summed E-state index contributed by atoms with van der Waals surface area (Å²) in [5.41, 5.74) is 0.778. The van der Waals surface area contributed by atoms with E-state index in [2.05, 4.69) is 4.99 Å². The van der Waals surface area contributed by atoms with Gasteiger partial charge in [0.1, 0.15) is 11.9 Å². The van der Waals surface area contributed by atoms with E-state index in [9.17, 15) is 13.2 Å². The maximum absolute atomic E-state index is 12.5. The van der Waals surface area contributed by atoms with E-state index in [1.54, 1.807) is 7.11 Å². The first-order chi connectivity index (χ1) is 12.5. The fraction of sp³-hybridized carbons (Fsp3) is 0.529. The summed E-state index contributed by atoms with van der Waals surface area (Å²) in [5, 5.41) is 0.422. The first-order valence-corrected chi connectivity index (χ1v) is 11.2. The van der Waals surface area contributed by atoms with Crippen LogP contribution < -0.4 is 9.64 Å². The molecule has 0 N–H and O–H groups in total. The number of fused-ring (bicyclic) bond motifs is 1.